The smallest absolute Gasteiger partial charge is 0.408 e. The Balaban J connectivity index is 3.50. The highest BCUT2D eigenvalue weighted by Crippen LogP contribution is 2.26. The van der Waals surface area contributed by atoms with E-state index < -0.39 is 35.6 Å². The largest absolute Gasteiger partial charge is 0.444 e. The molecular weight excluding hydrogens is 532 g/mol. The van der Waals surface area contributed by atoms with E-state index in [0.717, 1.165) is 62.5 Å². The second-order valence-corrected chi connectivity index (χ2v) is 12.3. The van der Waals surface area contributed by atoms with Gasteiger partial charge < -0.3 is 26.0 Å². The average Bonchev–Trinajstić information content (AvgIpc) is 2.88. The second kappa shape index (κ2) is 19.2. The van der Waals surface area contributed by atoms with Crippen LogP contribution in [0.5, 0.6) is 0 Å². The molecule has 0 spiro atoms. The molecule has 0 aliphatic carbocycles. The summed E-state index contributed by atoms with van der Waals surface area (Å²) in [5.41, 5.74) is 7.33. The summed E-state index contributed by atoms with van der Waals surface area (Å²) < 4.78 is 5.42. The van der Waals surface area contributed by atoms with Crippen molar-refractivity contribution in [2.24, 2.45) is 5.73 Å². The van der Waals surface area contributed by atoms with Crippen LogP contribution in [0.1, 0.15) is 128 Å². The molecule has 0 fully saturated rings. The lowest BCUT2D eigenvalue weighted by atomic mass is 9.97. The lowest BCUT2D eigenvalue weighted by Gasteiger charge is -2.35. The van der Waals surface area contributed by atoms with Crippen LogP contribution in [0, 0.1) is 13.8 Å². The van der Waals surface area contributed by atoms with E-state index in [4.69, 9.17) is 10.5 Å². The van der Waals surface area contributed by atoms with Gasteiger partial charge in [0.05, 0.1) is 0 Å². The summed E-state index contributed by atoms with van der Waals surface area (Å²) in [7, 11) is 0. The summed E-state index contributed by atoms with van der Waals surface area (Å²) in [5.74, 6) is -1.29. The molecule has 0 aliphatic rings. The SMILES string of the molecule is CCCCCCCCN(C(=O)C(CCC(N)=O)NC(=O)OC(C)(C)C)C(C(=O)NCCCCC)c1cc(C)cc(C)c1. The standard InChI is InChI=1S/C33H56N4O5/c1-8-10-12-13-14-16-20-37(31(40)27(17-18-28(34)38)36-32(41)42-33(5,6)7)29(30(39)35-19-15-11-9-2)26-22-24(3)21-25(4)23-26/h21-23,27,29H,8-20H2,1-7H3,(H2,34,38)(H,35,39)(H,36,41). The van der Waals surface area contributed by atoms with Gasteiger partial charge >= 0.3 is 6.09 Å². The fourth-order valence-corrected chi connectivity index (χ4v) is 4.95. The summed E-state index contributed by atoms with van der Waals surface area (Å²) in [4.78, 5) is 54.2. The molecular formula is C33H56N4O5. The maximum Gasteiger partial charge on any atom is 0.408 e. The van der Waals surface area contributed by atoms with Crippen molar-refractivity contribution in [1.29, 1.82) is 0 Å². The highest BCUT2D eigenvalue weighted by molar-refractivity contribution is 5.92. The van der Waals surface area contributed by atoms with Crippen molar-refractivity contribution in [2.75, 3.05) is 13.1 Å². The van der Waals surface area contributed by atoms with Crippen LogP contribution >= 0.6 is 0 Å². The molecule has 1 aromatic rings. The molecule has 4 N–H and O–H groups in total. The maximum atomic E-state index is 14.3. The van der Waals surface area contributed by atoms with Crippen LogP contribution < -0.4 is 16.4 Å². The van der Waals surface area contributed by atoms with Gasteiger partial charge in [-0.05, 0) is 59.4 Å². The van der Waals surface area contributed by atoms with E-state index in [1.807, 2.05) is 32.0 Å². The summed E-state index contributed by atoms with van der Waals surface area (Å²) >= 11 is 0. The number of carbonyl (C=O) groups is 4. The van der Waals surface area contributed by atoms with E-state index in [-0.39, 0.29) is 18.7 Å². The van der Waals surface area contributed by atoms with Crippen molar-refractivity contribution in [3.63, 3.8) is 0 Å². The lowest BCUT2D eigenvalue weighted by molar-refractivity contribution is -0.142. The first-order valence-corrected chi connectivity index (χ1v) is 15.7. The Morgan fingerprint density at radius 1 is 0.881 bits per heavy atom. The number of amides is 4. The third-order valence-corrected chi connectivity index (χ3v) is 6.90. The van der Waals surface area contributed by atoms with Crippen molar-refractivity contribution < 1.29 is 23.9 Å². The van der Waals surface area contributed by atoms with Crippen LogP contribution in [0.3, 0.4) is 0 Å². The molecule has 2 unspecified atom stereocenters. The Morgan fingerprint density at radius 3 is 2.02 bits per heavy atom. The van der Waals surface area contributed by atoms with Crippen LogP contribution in [0.2, 0.25) is 0 Å². The van der Waals surface area contributed by atoms with Gasteiger partial charge in [0.1, 0.15) is 17.7 Å². The Morgan fingerprint density at radius 2 is 1.45 bits per heavy atom. The molecule has 0 bridgehead atoms. The minimum Gasteiger partial charge on any atom is -0.444 e. The number of nitrogens with one attached hydrogen (secondary N) is 2. The Bertz CT molecular complexity index is 984. The molecule has 238 valence electrons. The van der Waals surface area contributed by atoms with Crippen LogP contribution in [0.4, 0.5) is 4.79 Å². The molecule has 1 rings (SSSR count). The van der Waals surface area contributed by atoms with Gasteiger partial charge in [-0.2, -0.15) is 0 Å². The number of hydrogen-bond acceptors (Lipinski definition) is 5. The average molecular weight is 589 g/mol. The molecule has 2 atom stereocenters. The zero-order valence-corrected chi connectivity index (χ0v) is 27.1. The summed E-state index contributed by atoms with van der Waals surface area (Å²) in [6.07, 6.45) is 8.04. The van der Waals surface area contributed by atoms with Gasteiger partial charge in [0.25, 0.3) is 0 Å². The minimum atomic E-state index is -1.09. The van der Waals surface area contributed by atoms with Crippen molar-refractivity contribution >= 4 is 23.8 Å². The lowest BCUT2D eigenvalue weighted by Crippen LogP contribution is -2.53. The van der Waals surface area contributed by atoms with Gasteiger partial charge in [-0.15, -0.1) is 0 Å². The third-order valence-electron chi connectivity index (χ3n) is 6.90. The van der Waals surface area contributed by atoms with E-state index in [0.29, 0.717) is 25.1 Å². The number of hydrogen-bond donors (Lipinski definition) is 3. The van der Waals surface area contributed by atoms with Crippen molar-refractivity contribution in [2.45, 2.75) is 137 Å². The summed E-state index contributed by atoms with van der Waals surface area (Å²) in [6, 6.07) is 3.91. The van der Waals surface area contributed by atoms with Crippen LogP contribution in [0.15, 0.2) is 18.2 Å². The monoisotopic (exact) mass is 588 g/mol. The number of unbranched alkanes of at least 4 members (excludes halogenated alkanes) is 7. The first kappa shape index (κ1) is 36.9. The highest BCUT2D eigenvalue weighted by atomic mass is 16.6. The van der Waals surface area contributed by atoms with E-state index in [9.17, 15) is 19.2 Å². The van der Waals surface area contributed by atoms with Crippen LogP contribution in [0.25, 0.3) is 0 Å². The quantitative estimate of drug-likeness (QED) is 0.171. The van der Waals surface area contributed by atoms with Gasteiger partial charge in [0.2, 0.25) is 17.7 Å². The Hall–Kier alpha value is -3.10. The second-order valence-electron chi connectivity index (χ2n) is 12.3. The number of rotatable bonds is 19. The molecule has 1 aromatic carbocycles. The molecule has 0 saturated heterocycles. The fraction of sp³-hybridized carbons (Fsp3) is 0.697. The minimum absolute atomic E-state index is 0.00189. The number of benzene rings is 1. The van der Waals surface area contributed by atoms with Crippen LogP contribution in [-0.4, -0.2) is 53.4 Å². The number of ether oxygens (including phenoxy) is 1. The fourth-order valence-electron chi connectivity index (χ4n) is 4.95. The molecule has 0 radical (unpaired) electrons. The first-order chi connectivity index (χ1) is 19.8. The number of carbonyl (C=O) groups excluding carboxylic acids is 4. The molecule has 0 aromatic heterocycles. The molecule has 9 nitrogen and oxygen atoms in total. The van der Waals surface area contributed by atoms with E-state index in [1.165, 1.54) is 0 Å². The molecule has 0 heterocycles. The summed E-state index contributed by atoms with van der Waals surface area (Å²) in [6.45, 7) is 14.2. The first-order valence-electron chi connectivity index (χ1n) is 15.7. The van der Waals surface area contributed by atoms with Crippen LogP contribution in [-0.2, 0) is 19.1 Å². The topological polar surface area (TPSA) is 131 Å². The van der Waals surface area contributed by atoms with Crippen molar-refractivity contribution in [3.8, 4) is 0 Å². The zero-order valence-electron chi connectivity index (χ0n) is 27.1. The Kier molecular flexibility index (Phi) is 16.8. The molecule has 0 saturated carbocycles. The number of nitrogens with zero attached hydrogens (tertiary/aromatic N) is 1. The van der Waals surface area contributed by atoms with E-state index >= 15 is 0 Å². The van der Waals surface area contributed by atoms with Gasteiger partial charge in [0, 0.05) is 19.5 Å². The number of alkyl carbamates (subject to hydrolysis) is 1. The third kappa shape index (κ3) is 14.7. The predicted molar refractivity (Wildman–Crippen MR) is 168 cm³/mol. The van der Waals surface area contributed by atoms with Crippen molar-refractivity contribution in [3.05, 3.63) is 34.9 Å². The predicted octanol–water partition coefficient (Wildman–Crippen LogP) is 6.00. The van der Waals surface area contributed by atoms with Gasteiger partial charge in [-0.25, -0.2) is 4.79 Å². The van der Waals surface area contributed by atoms with Gasteiger partial charge in [-0.1, -0.05) is 88.1 Å². The Labute approximate surface area is 253 Å². The maximum absolute atomic E-state index is 14.3. The molecule has 0 aliphatic heterocycles. The number of aryl methyl sites for hydroxylation is 2. The molecule has 4 amide bonds. The zero-order chi connectivity index (χ0) is 31.7. The van der Waals surface area contributed by atoms with Gasteiger partial charge in [-0.3, -0.25) is 14.4 Å². The summed E-state index contributed by atoms with van der Waals surface area (Å²) in [5, 5.41) is 5.71. The van der Waals surface area contributed by atoms with E-state index in [1.54, 1.807) is 25.7 Å². The number of primary amides is 1. The van der Waals surface area contributed by atoms with Gasteiger partial charge in [0.15, 0.2) is 0 Å². The molecule has 42 heavy (non-hydrogen) atoms. The number of nitrogens with two attached hydrogens (primary N) is 1. The molecule has 9 heteroatoms. The van der Waals surface area contributed by atoms with Crippen molar-refractivity contribution in [1.82, 2.24) is 15.5 Å². The van der Waals surface area contributed by atoms with E-state index in [2.05, 4.69) is 24.5 Å². The highest BCUT2D eigenvalue weighted by Gasteiger charge is 2.36. The normalized spacial score (nSPS) is 12.7.